The average molecular weight is 247 g/mol. The van der Waals surface area contributed by atoms with E-state index >= 15 is 0 Å². The van der Waals surface area contributed by atoms with Crippen molar-refractivity contribution < 1.29 is 0 Å². The smallest absolute Gasteiger partial charge is 0.129 e. The van der Waals surface area contributed by atoms with Crippen LogP contribution in [0, 0.1) is 0 Å². The highest BCUT2D eigenvalue weighted by Crippen LogP contribution is 2.30. The number of hydrogen-bond donors (Lipinski definition) is 1. The van der Waals surface area contributed by atoms with Gasteiger partial charge in [0.05, 0.1) is 5.69 Å². The number of nitrogens with zero attached hydrogens (tertiary/aromatic N) is 2. The molecular weight excluding hydrogens is 222 g/mol. The number of rotatable bonds is 8. The fourth-order valence-corrected chi connectivity index (χ4v) is 2.18. The molecule has 1 aliphatic carbocycles. The summed E-state index contributed by atoms with van der Waals surface area (Å²) in [4.78, 5) is 7.29. The third kappa shape index (κ3) is 3.70. The van der Waals surface area contributed by atoms with E-state index in [-0.39, 0.29) is 0 Å². The molecular formula is C15H25N3. The standard InChI is InChI=1S/C15H25N3/c1-3-5-11-18(14-9-10-14)15-8-6-7-13(17-15)12-16-4-2/h6-8,14,16H,3-5,9-12H2,1-2H3. The molecule has 1 saturated carbocycles. The molecule has 1 N–H and O–H groups in total. The molecule has 0 saturated heterocycles. The van der Waals surface area contributed by atoms with E-state index in [1.165, 1.54) is 31.5 Å². The molecule has 1 aromatic heterocycles. The maximum absolute atomic E-state index is 4.79. The fourth-order valence-electron chi connectivity index (χ4n) is 2.18. The first kappa shape index (κ1) is 13.3. The van der Waals surface area contributed by atoms with Gasteiger partial charge in [-0.05, 0) is 37.9 Å². The summed E-state index contributed by atoms with van der Waals surface area (Å²) in [5.74, 6) is 1.17. The summed E-state index contributed by atoms with van der Waals surface area (Å²) in [5, 5.41) is 3.34. The number of unbranched alkanes of at least 4 members (excludes halogenated alkanes) is 1. The van der Waals surface area contributed by atoms with Crippen LogP contribution in [0.1, 0.15) is 45.2 Å². The van der Waals surface area contributed by atoms with Crippen molar-refractivity contribution in [3.05, 3.63) is 23.9 Å². The van der Waals surface area contributed by atoms with E-state index in [9.17, 15) is 0 Å². The van der Waals surface area contributed by atoms with Crippen LogP contribution in [0.25, 0.3) is 0 Å². The van der Waals surface area contributed by atoms with Gasteiger partial charge in [-0.1, -0.05) is 26.3 Å². The molecule has 3 heteroatoms. The van der Waals surface area contributed by atoms with Crippen LogP contribution in [0.4, 0.5) is 5.82 Å². The molecule has 1 heterocycles. The van der Waals surface area contributed by atoms with Gasteiger partial charge in [-0.3, -0.25) is 0 Å². The fraction of sp³-hybridized carbons (Fsp3) is 0.667. The van der Waals surface area contributed by atoms with E-state index in [1.54, 1.807) is 0 Å². The molecule has 100 valence electrons. The molecule has 0 spiro atoms. The van der Waals surface area contributed by atoms with Crippen molar-refractivity contribution in [2.45, 2.75) is 52.1 Å². The van der Waals surface area contributed by atoms with Crippen molar-refractivity contribution in [3.8, 4) is 0 Å². The normalized spacial score (nSPS) is 14.8. The first-order chi connectivity index (χ1) is 8.85. The molecule has 0 unspecified atom stereocenters. The van der Waals surface area contributed by atoms with Gasteiger partial charge in [0.2, 0.25) is 0 Å². The van der Waals surface area contributed by atoms with Crippen molar-refractivity contribution in [2.24, 2.45) is 0 Å². The second kappa shape index (κ2) is 6.74. The maximum atomic E-state index is 4.79. The van der Waals surface area contributed by atoms with Crippen molar-refractivity contribution in [2.75, 3.05) is 18.0 Å². The van der Waals surface area contributed by atoms with Crippen molar-refractivity contribution in [1.29, 1.82) is 0 Å². The number of hydrogen-bond acceptors (Lipinski definition) is 3. The number of aromatic nitrogens is 1. The Morgan fingerprint density at radius 2 is 2.17 bits per heavy atom. The van der Waals surface area contributed by atoms with Crippen LogP contribution < -0.4 is 10.2 Å². The third-order valence-electron chi connectivity index (χ3n) is 3.38. The summed E-state index contributed by atoms with van der Waals surface area (Å²) in [6.45, 7) is 7.39. The number of pyridine rings is 1. The van der Waals surface area contributed by atoms with E-state index in [0.717, 1.165) is 31.4 Å². The van der Waals surface area contributed by atoms with Gasteiger partial charge in [0.1, 0.15) is 5.82 Å². The summed E-state index contributed by atoms with van der Waals surface area (Å²) in [5.41, 5.74) is 1.15. The molecule has 0 aromatic carbocycles. The molecule has 0 bridgehead atoms. The highest BCUT2D eigenvalue weighted by molar-refractivity contribution is 5.42. The van der Waals surface area contributed by atoms with Gasteiger partial charge < -0.3 is 10.2 Å². The molecule has 3 nitrogen and oxygen atoms in total. The molecule has 0 amide bonds. The predicted octanol–water partition coefficient (Wildman–Crippen LogP) is 2.96. The minimum atomic E-state index is 0.749. The highest BCUT2D eigenvalue weighted by Gasteiger charge is 2.29. The van der Waals surface area contributed by atoms with Crippen molar-refractivity contribution in [1.82, 2.24) is 10.3 Å². The Kier molecular flexibility index (Phi) is 5.00. The molecule has 1 fully saturated rings. The largest absolute Gasteiger partial charge is 0.354 e. The summed E-state index contributed by atoms with van der Waals surface area (Å²) < 4.78 is 0. The van der Waals surface area contributed by atoms with Crippen LogP contribution in [0.15, 0.2) is 18.2 Å². The van der Waals surface area contributed by atoms with Crippen LogP contribution in [0.5, 0.6) is 0 Å². The van der Waals surface area contributed by atoms with E-state index in [2.05, 4.69) is 42.3 Å². The van der Waals surface area contributed by atoms with Gasteiger partial charge in [0.15, 0.2) is 0 Å². The zero-order valence-electron chi connectivity index (χ0n) is 11.7. The number of nitrogens with one attached hydrogen (secondary N) is 1. The summed E-state index contributed by atoms with van der Waals surface area (Å²) in [6.07, 6.45) is 5.18. The minimum absolute atomic E-state index is 0.749. The van der Waals surface area contributed by atoms with Crippen LogP contribution in [-0.4, -0.2) is 24.1 Å². The monoisotopic (exact) mass is 247 g/mol. The topological polar surface area (TPSA) is 28.2 Å². The zero-order chi connectivity index (χ0) is 12.8. The van der Waals surface area contributed by atoms with E-state index in [1.807, 2.05) is 0 Å². The van der Waals surface area contributed by atoms with Gasteiger partial charge in [-0.25, -0.2) is 4.98 Å². The molecule has 1 aromatic rings. The molecule has 0 atom stereocenters. The molecule has 0 aliphatic heterocycles. The Morgan fingerprint density at radius 1 is 1.33 bits per heavy atom. The summed E-state index contributed by atoms with van der Waals surface area (Å²) in [6, 6.07) is 7.15. The Morgan fingerprint density at radius 3 is 2.83 bits per heavy atom. The van der Waals surface area contributed by atoms with Crippen LogP contribution >= 0.6 is 0 Å². The van der Waals surface area contributed by atoms with Gasteiger partial charge in [0.25, 0.3) is 0 Å². The summed E-state index contributed by atoms with van der Waals surface area (Å²) in [7, 11) is 0. The molecule has 0 radical (unpaired) electrons. The number of anilines is 1. The average Bonchev–Trinajstić information content (AvgIpc) is 3.22. The molecule has 1 aliphatic rings. The van der Waals surface area contributed by atoms with Gasteiger partial charge in [0, 0.05) is 19.1 Å². The molecule has 18 heavy (non-hydrogen) atoms. The van der Waals surface area contributed by atoms with E-state index < -0.39 is 0 Å². The van der Waals surface area contributed by atoms with Gasteiger partial charge in [-0.15, -0.1) is 0 Å². The lowest BCUT2D eigenvalue weighted by Gasteiger charge is -2.23. The van der Waals surface area contributed by atoms with Gasteiger partial charge in [-0.2, -0.15) is 0 Å². The third-order valence-corrected chi connectivity index (χ3v) is 3.38. The Hall–Kier alpha value is -1.09. The van der Waals surface area contributed by atoms with Crippen LogP contribution in [0.2, 0.25) is 0 Å². The Bertz CT molecular complexity index is 361. The Labute approximate surface area is 111 Å². The first-order valence-corrected chi connectivity index (χ1v) is 7.28. The lowest BCUT2D eigenvalue weighted by molar-refractivity contribution is 0.687. The Balaban J connectivity index is 2.03. The first-order valence-electron chi connectivity index (χ1n) is 7.28. The van der Waals surface area contributed by atoms with Crippen LogP contribution in [0.3, 0.4) is 0 Å². The van der Waals surface area contributed by atoms with Gasteiger partial charge >= 0.3 is 0 Å². The second-order valence-corrected chi connectivity index (χ2v) is 5.05. The minimum Gasteiger partial charge on any atom is -0.354 e. The summed E-state index contributed by atoms with van der Waals surface area (Å²) >= 11 is 0. The van der Waals surface area contributed by atoms with Crippen LogP contribution in [-0.2, 0) is 6.54 Å². The van der Waals surface area contributed by atoms with Crippen molar-refractivity contribution in [3.63, 3.8) is 0 Å². The second-order valence-electron chi connectivity index (χ2n) is 5.05. The maximum Gasteiger partial charge on any atom is 0.129 e. The molecule has 2 rings (SSSR count). The predicted molar refractivity (Wildman–Crippen MR) is 76.9 cm³/mol. The lowest BCUT2D eigenvalue weighted by atomic mass is 10.3. The zero-order valence-corrected chi connectivity index (χ0v) is 11.7. The van der Waals surface area contributed by atoms with E-state index in [4.69, 9.17) is 4.98 Å². The lowest BCUT2D eigenvalue weighted by Crippen LogP contribution is -2.28. The quantitative estimate of drug-likeness (QED) is 0.765. The highest BCUT2D eigenvalue weighted by atomic mass is 15.2. The van der Waals surface area contributed by atoms with E-state index in [0.29, 0.717) is 0 Å². The van der Waals surface area contributed by atoms with Crippen molar-refractivity contribution >= 4 is 5.82 Å². The SMILES string of the molecule is CCCCN(c1cccc(CNCC)n1)C1CC1.